The van der Waals surface area contributed by atoms with Gasteiger partial charge in [0.25, 0.3) is 16.8 Å². The van der Waals surface area contributed by atoms with Crippen LogP contribution in [0.1, 0.15) is 47.6 Å². The molecule has 0 unspecified atom stereocenters. The fourth-order valence-electron chi connectivity index (χ4n) is 4.44. The third-order valence-electron chi connectivity index (χ3n) is 6.44. The van der Waals surface area contributed by atoms with Crippen LogP contribution in [0.3, 0.4) is 0 Å². The summed E-state index contributed by atoms with van der Waals surface area (Å²) in [7, 11) is 0. The number of carboxylic acid groups (broad SMARTS) is 1. The minimum atomic E-state index is -1.08. The molecule has 1 saturated heterocycles. The number of benzene rings is 1. The van der Waals surface area contributed by atoms with Crippen molar-refractivity contribution >= 4 is 52.1 Å². The molecule has 1 atom stereocenters. The van der Waals surface area contributed by atoms with Gasteiger partial charge in [-0.1, -0.05) is 41.8 Å². The second-order valence-corrected chi connectivity index (χ2v) is 9.90. The van der Waals surface area contributed by atoms with Crippen molar-refractivity contribution in [3.8, 4) is 0 Å². The number of pyridine rings is 1. The van der Waals surface area contributed by atoms with E-state index in [2.05, 4.69) is 25.8 Å². The molecular weight excluding hydrogens is 533 g/mol. The maximum absolute atomic E-state index is 12.6. The number of aromatic nitrogens is 1. The van der Waals surface area contributed by atoms with Gasteiger partial charge in [0.2, 0.25) is 0 Å². The molecule has 1 amide bonds. The summed E-state index contributed by atoms with van der Waals surface area (Å²) >= 11 is 12.1. The van der Waals surface area contributed by atoms with Gasteiger partial charge in [-0.15, -0.1) is 0 Å². The van der Waals surface area contributed by atoms with E-state index in [1.54, 1.807) is 24.3 Å². The Morgan fingerprint density at radius 2 is 1.61 bits per heavy atom. The average Bonchev–Trinajstić information content (AvgIpc) is 2.90. The number of hydrogen-bond acceptors (Lipinski definition) is 8. The zero-order chi connectivity index (χ0) is 27.2. The minimum absolute atomic E-state index is 0.0817. The number of carbonyl (C=O) groups excluding carboxylic acids is 1. The number of halogens is 2. The highest BCUT2D eigenvalue weighted by Crippen LogP contribution is 2.28. The summed E-state index contributed by atoms with van der Waals surface area (Å²) in [5, 5.41) is 18.3. The highest BCUT2D eigenvalue weighted by Gasteiger charge is 2.25. The molecule has 4 N–H and O–H groups in total. The molecule has 3 aromatic rings. The number of anilines is 3. The number of aliphatic carboxylic acids is 1. The summed E-state index contributed by atoms with van der Waals surface area (Å²) in [5.41, 5.74) is 0.0149. The molecule has 0 bridgehead atoms. The molecule has 0 spiro atoms. The number of nitrogens with one attached hydrogen (secondary N) is 3. The Morgan fingerprint density at radius 3 is 2.24 bits per heavy atom. The quantitative estimate of drug-likeness (QED) is 0.258. The van der Waals surface area contributed by atoms with Crippen LogP contribution >= 0.6 is 23.2 Å². The third kappa shape index (κ3) is 6.50. The average molecular weight is 560 g/mol. The summed E-state index contributed by atoms with van der Waals surface area (Å²) in [6, 6.07) is 5.65. The van der Waals surface area contributed by atoms with Gasteiger partial charge in [0, 0.05) is 31.2 Å². The minimum Gasteiger partial charge on any atom is -0.481 e. The van der Waals surface area contributed by atoms with Crippen LogP contribution in [0.25, 0.3) is 0 Å². The number of rotatable bonds is 11. The van der Waals surface area contributed by atoms with Crippen molar-refractivity contribution in [2.75, 3.05) is 42.1 Å². The monoisotopic (exact) mass is 559 g/mol. The van der Waals surface area contributed by atoms with Crippen LogP contribution in [0.2, 0.25) is 10.0 Å². The number of likely N-dealkylation sites (tertiary alicyclic amines) is 1. The summed E-state index contributed by atoms with van der Waals surface area (Å²) in [6.07, 6.45) is 5.81. The SMILES string of the molecule is O=C(O)C[C@H](Nc1c(NCCN2CCCCC2)c(=O)c1=O)c1ccc(NC(=O)c2c(Cl)cncc2Cl)cc1. The molecule has 38 heavy (non-hydrogen) atoms. The summed E-state index contributed by atoms with van der Waals surface area (Å²) in [4.78, 5) is 54.8. The van der Waals surface area contributed by atoms with Crippen LogP contribution < -0.4 is 26.8 Å². The molecule has 0 saturated carbocycles. The van der Waals surface area contributed by atoms with Crippen LogP contribution in [0.5, 0.6) is 0 Å². The molecule has 0 aliphatic carbocycles. The van der Waals surface area contributed by atoms with E-state index in [1.165, 1.54) is 18.8 Å². The van der Waals surface area contributed by atoms with Crippen molar-refractivity contribution in [1.82, 2.24) is 9.88 Å². The van der Waals surface area contributed by atoms with Gasteiger partial charge in [0.15, 0.2) is 0 Å². The summed E-state index contributed by atoms with van der Waals surface area (Å²) in [5.74, 6) is -1.61. The second-order valence-electron chi connectivity index (χ2n) is 9.09. The van der Waals surface area contributed by atoms with E-state index in [-0.39, 0.29) is 33.4 Å². The van der Waals surface area contributed by atoms with Crippen LogP contribution in [-0.2, 0) is 4.79 Å². The maximum Gasteiger partial charge on any atom is 0.305 e. The Labute approximate surface area is 228 Å². The van der Waals surface area contributed by atoms with E-state index in [0.29, 0.717) is 17.8 Å². The first-order chi connectivity index (χ1) is 18.2. The number of nitrogens with zero attached hydrogens (tertiary/aromatic N) is 2. The molecule has 1 fully saturated rings. The first-order valence-corrected chi connectivity index (χ1v) is 13.0. The van der Waals surface area contributed by atoms with Crippen LogP contribution in [-0.4, -0.2) is 53.0 Å². The van der Waals surface area contributed by atoms with Crippen LogP contribution in [0.4, 0.5) is 17.1 Å². The van der Waals surface area contributed by atoms with Gasteiger partial charge < -0.3 is 26.0 Å². The van der Waals surface area contributed by atoms with Crippen molar-refractivity contribution in [3.05, 3.63) is 78.3 Å². The molecule has 1 aliphatic heterocycles. The molecule has 4 rings (SSSR count). The van der Waals surface area contributed by atoms with Gasteiger partial charge in [0.05, 0.1) is 28.1 Å². The fraction of sp³-hybridized carbons (Fsp3) is 0.346. The standard InChI is InChI=1S/C26H27Cl2N5O5/c27-17-13-29-14-18(28)21(17)26(38)31-16-6-4-15(5-7-16)19(12-20(34)35)32-23-22(24(36)25(23)37)30-8-11-33-9-2-1-3-10-33/h4-7,13-14,19,30,32H,1-3,8-12H2,(H,31,38)(H,34,35)/t19-/m0/s1. The lowest BCUT2D eigenvalue weighted by Gasteiger charge is -2.27. The van der Waals surface area contributed by atoms with Gasteiger partial charge >= 0.3 is 5.97 Å². The lowest BCUT2D eigenvalue weighted by Crippen LogP contribution is -2.40. The zero-order valence-corrected chi connectivity index (χ0v) is 21.9. The van der Waals surface area contributed by atoms with Crippen molar-refractivity contribution < 1.29 is 14.7 Å². The lowest BCUT2D eigenvalue weighted by molar-refractivity contribution is -0.137. The van der Waals surface area contributed by atoms with Gasteiger partial charge in [-0.25, -0.2) is 0 Å². The Balaban J connectivity index is 1.44. The molecule has 0 radical (unpaired) electrons. The third-order valence-corrected chi connectivity index (χ3v) is 7.01. The predicted molar refractivity (Wildman–Crippen MR) is 147 cm³/mol. The zero-order valence-electron chi connectivity index (χ0n) is 20.4. The number of hydrogen-bond donors (Lipinski definition) is 4. The first-order valence-electron chi connectivity index (χ1n) is 12.2. The Morgan fingerprint density at radius 1 is 0.974 bits per heavy atom. The second kappa shape index (κ2) is 12.4. The molecule has 1 aromatic heterocycles. The van der Waals surface area contributed by atoms with Gasteiger partial charge in [0.1, 0.15) is 11.4 Å². The normalized spacial score (nSPS) is 14.7. The van der Waals surface area contributed by atoms with Crippen molar-refractivity contribution in [2.24, 2.45) is 0 Å². The number of carboxylic acids is 1. The smallest absolute Gasteiger partial charge is 0.305 e. The topological polar surface area (TPSA) is 141 Å². The Kier molecular flexibility index (Phi) is 8.98. The number of piperidine rings is 1. The number of amides is 1. The molecule has 12 heteroatoms. The largest absolute Gasteiger partial charge is 0.481 e. The van der Waals surface area contributed by atoms with E-state index in [0.717, 1.165) is 32.5 Å². The summed E-state index contributed by atoms with van der Waals surface area (Å²) < 4.78 is 0. The van der Waals surface area contributed by atoms with Gasteiger partial charge in [-0.3, -0.25) is 24.2 Å². The molecular formula is C26H27Cl2N5O5. The van der Waals surface area contributed by atoms with E-state index in [9.17, 15) is 24.3 Å². The molecule has 10 nitrogen and oxygen atoms in total. The molecule has 1 aliphatic rings. The number of carbonyl (C=O) groups is 2. The predicted octanol–water partition coefficient (Wildman–Crippen LogP) is 3.76. The van der Waals surface area contributed by atoms with Crippen LogP contribution in [0.15, 0.2) is 46.2 Å². The first kappa shape index (κ1) is 27.6. The van der Waals surface area contributed by atoms with E-state index >= 15 is 0 Å². The molecule has 2 aromatic carbocycles. The van der Waals surface area contributed by atoms with E-state index in [1.807, 2.05) is 0 Å². The Bertz CT molecular complexity index is 1360. The van der Waals surface area contributed by atoms with Crippen molar-refractivity contribution in [2.45, 2.75) is 31.7 Å². The van der Waals surface area contributed by atoms with Crippen molar-refractivity contribution in [1.29, 1.82) is 0 Å². The Hall–Kier alpha value is -3.47. The van der Waals surface area contributed by atoms with Crippen molar-refractivity contribution in [3.63, 3.8) is 0 Å². The maximum atomic E-state index is 12.6. The fourth-order valence-corrected chi connectivity index (χ4v) is 4.98. The van der Waals surface area contributed by atoms with E-state index in [4.69, 9.17) is 23.2 Å². The van der Waals surface area contributed by atoms with Crippen LogP contribution in [0, 0.1) is 0 Å². The summed E-state index contributed by atoms with van der Waals surface area (Å²) in [6.45, 7) is 3.28. The molecule has 200 valence electrons. The highest BCUT2D eigenvalue weighted by atomic mass is 35.5. The van der Waals surface area contributed by atoms with Gasteiger partial charge in [-0.05, 0) is 43.6 Å². The lowest BCUT2D eigenvalue weighted by atomic mass is 10.0. The van der Waals surface area contributed by atoms with E-state index < -0.39 is 28.8 Å². The van der Waals surface area contributed by atoms with Gasteiger partial charge in [-0.2, -0.15) is 0 Å². The molecule has 2 heterocycles. The highest BCUT2D eigenvalue weighted by molar-refractivity contribution is 6.40.